The summed E-state index contributed by atoms with van der Waals surface area (Å²) in [4.78, 5) is 16.2. The first-order valence-electron chi connectivity index (χ1n) is 9.93. The molecule has 156 valence electrons. The fraction of sp³-hybridized carbons (Fsp3) is 0.167. The number of amides is 1. The molecule has 4 aromatic rings. The Bertz CT molecular complexity index is 1110. The Hall–Kier alpha value is -4.00. The van der Waals surface area contributed by atoms with Gasteiger partial charge in [-0.1, -0.05) is 72.8 Å². The highest BCUT2D eigenvalue weighted by Crippen LogP contribution is 2.27. The third-order valence-corrected chi connectivity index (χ3v) is 5.07. The van der Waals surface area contributed by atoms with Crippen LogP contribution in [-0.4, -0.2) is 45.2 Å². The molecule has 0 saturated heterocycles. The molecule has 1 heterocycles. The van der Waals surface area contributed by atoms with Gasteiger partial charge < -0.3 is 9.64 Å². The standard InChI is InChI=1S/C24H23N5O2/c1-28(23(18-10-5-3-6-11-18)19-12-7-4-8-13-19)22(30)17-29-26-24(25-27-29)20-14-9-15-21(16-20)31-2/h3-16,23H,17H2,1-2H3. The summed E-state index contributed by atoms with van der Waals surface area (Å²) in [7, 11) is 3.40. The van der Waals surface area contributed by atoms with Crippen molar-refractivity contribution in [1.29, 1.82) is 0 Å². The molecule has 3 aromatic carbocycles. The molecule has 0 spiro atoms. The molecular formula is C24H23N5O2. The second-order valence-electron chi connectivity index (χ2n) is 7.10. The zero-order valence-corrected chi connectivity index (χ0v) is 17.4. The summed E-state index contributed by atoms with van der Waals surface area (Å²) in [6, 6.07) is 27.1. The number of aromatic nitrogens is 4. The van der Waals surface area contributed by atoms with Gasteiger partial charge in [-0.2, -0.15) is 4.80 Å². The molecule has 7 nitrogen and oxygen atoms in total. The number of ether oxygens (including phenoxy) is 1. The van der Waals surface area contributed by atoms with E-state index in [4.69, 9.17) is 4.74 Å². The summed E-state index contributed by atoms with van der Waals surface area (Å²) >= 11 is 0. The van der Waals surface area contributed by atoms with E-state index in [0.717, 1.165) is 16.7 Å². The average Bonchev–Trinajstić information content (AvgIpc) is 3.29. The van der Waals surface area contributed by atoms with Gasteiger partial charge in [0.15, 0.2) is 0 Å². The van der Waals surface area contributed by atoms with Crippen LogP contribution in [0.25, 0.3) is 11.4 Å². The molecule has 0 unspecified atom stereocenters. The molecule has 0 bridgehead atoms. The molecule has 0 atom stereocenters. The van der Waals surface area contributed by atoms with E-state index in [2.05, 4.69) is 15.4 Å². The Balaban J connectivity index is 1.55. The second-order valence-corrected chi connectivity index (χ2v) is 7.10. The van der Waals surface area contributed by atoms with Gasteiger partial charge in [0.1, 0.15) is 12.3 Å². The van der Waals surface area contributed by atoms with E-state index in [1.807, 2.05) is 84.9 Å². The smallest absolute Gasteiger partial charge is 0.246 e. The summed E-state index contributed by atoms with van der Waals surface area (Å²) in [5, 5.41) is 12.5. The molecule has 0 aliphatic carbocycles. The molecule has 1 amide bonds. The SMILES string of the molecule is COc1cccc(-c2nnn(CC(=O)N(C)C(c3ccccc3)c3ccccc3)n2)c1. The summed E-state index contributed by atoms with van der Waals surface area (Å²) in [6.45, 7) is -0.0103. The highest BCUT2D eigenvalue weighted by atomic mass is 16.5. The van der Waals surface area contributed by atoms with Gasteiger partial charge in [-0.25, -0.2) is 0 Å². The van der Waals surface area contributed by atoms with Crippen molar-refractivity contribution in [3.63, 3.8) is 0 Å². The lowest BCUT2D eigenvalue weighted by Crippen LogP contribution is -2.35. The van der Waals surface area contributed by atoms with Gasteiger partial charge in [-0.15, -0.1) is 10.2 Å². The van der Waals surface area contributed by atoms with Crippen LogP contribution in [0.4, 0.5) is 0 Å². The molecule has 0 fully saturated rings. The lowest BCUT2D eigenvalue weighted by molar-refractivity contribution is -0.132. The van der Waals surface area contributed by atoms with Crippen molar-refractivity contribution in [2.24, 2.45) is 0 Å². The predicted molar refractivity (Wildman–Crippen MR) is 117 cm³/mol. The number of carbonyl (C=O) groups excluding carboxylic acids is 1. The van der Waals surface area contributed by atoms with Crippen molar-refractivity contribution in [3.05, 3.63) is 96.1 Å². The Kier molecular flexibility index (Phi) is 6.03. The van der Waals surface area contributed by atoms with Gasteiger partial charge in [0.2, 0.25) is 11.7 Å². The van der Waals surface area contributed by atoms with Crippen molar-refractivity contribution in [1.82, 2.24) is 25.1 Å². The molecule has 7 heteroatoms. The first-order chi connectivity index (χ1) is 15.2. The minimum absolute atomic E-state index is 0.0103. The lowest BCUT2D eigenvalue weighted by atomic mass is 9.97. The van der Waals surface area contributed by atoms with Crippen LogP contribution in [0.5, 0.6) is 5.75 Å². The minimum atomic E-state index is -0.212. The van der Waals surface area contributed by atoms with E-state index >= 15 is 0 Å². The molecular weight excluding hydrogens is 390 g/mol. The van der Waals surface area contributed by atoms with Crippen molar-refractivity contribution >= 4 is 5.91 Å². The molecule has 0 saturated carbocycles. The van der Waals surface area contributed by atoms with Crippen LogP contribution in [0.2, 0.25) is 0 Å². The quantitative estimate of drug-likeness (QED) is 0.463. The van der Waals surface area contributed by atoms with Crippen LogP contribution in [-0.2, 0) is 11.3 Å². The van der Waals surface area contributed by atoms with E-state index in [0.29, 0.717) is 11.6 Å². The highest BCUT2D eigenvalue weighted by molar-refractivity contribution is 5.76. The average molecular weight is 413 g/mol. The van der Waals surface area contributed by atoms with Crippen LogP contribution in [0.3, 0.4) is 0 Å². The Morgan fingerprint density at radius 1 is 0.968 bits per heavy atom. The third-order valence-electron chi connectivity index (χ3n) is 5.07. The van der Waals surface area contributed by atoms with Gasteiger partial charge >= 0.3 is 0 Å². The zero-order chi connectivity index (χ0) is 21.6. The van der Waals surface area contributed by atoms with E-state index in [1.54, 1.807) is 19.1 Å². The van der Waals surface area contributed by atoms with Gasteiger partial charge in [-0.05, 0) is 28.5 Å². The van der Waals surface area contributed by atoms with Crippen LogP contribution in [0.1, 0.15) is 17.2 Å². The van der Waals surface area contributed by atoms with Gasteiger partial charge in [0.25, 0.3) is 0 Å². The number of hydrogen-bond acceptors (Lipinski definition) is 5. The van der Waals surface area contributed by atoms with Crippen LogP contribution >= 0.6 is 0 Å². The zero-order valence-electron chi connectivity index (χ0n) is 17.4. The first-order valence-corrected chi connectivity index (χ1v) is 9.93. The first kappa shape index (κ1) is 20.3. The number of tetrazole rings is 1. The van der Waals surface area contributed by atoms with Crippen molar-refractivity contribution in [3.8, 4) is 17.1 Å². The maximum Gasteiger partial charge on any atom is 0.246 e. The molecule has 0 aliphatic rings. The van der Waals surface area contributed by atoms with Gasteiger partial charge in [0.05, 0.1) is 13.2 Å². The lowest BCUT2D eigenvalue weighted by Gasteiger charge is -2.29. The van der Waals surface area contributed by atoms with Crippen LogP contribution < -0.4 is 4.74 Å². The Labute approximate surface area is 180 Å². The maximum atomic E-state index is 13.1. The summed E-state index contributed by atoms with van der Waals surface area (Å²) < 4.78 is 5.25. The number of nitrogens with zero attached hydrogens (tertiary/aromatic N) is 5. The number of benzene rings is 3. The van der Waals surface area contributed by atoms with Crippen molar-refractivity contribution in [2.45, 2.75) is 12.6 Å². The van der Waals surface area contributed by atoms with Crippen molar-refractivity contribution in [2.75, 3.05) is 14.2 Å². The number of hydrogen-bond donors (Lipinski definition) is 0. The number of carbonyl (C=O) groups is 1. The normalized spacial score (nSPS) is 10.8. The van der Waals surface area contributed by atoms with Crippen LogP contribution in [0.15, 0.2) is 84.9 Å². The topological polar surface area (TPSA) is 73.1 Å². The minimum Gasteiger partial charge on any atom is -0.497 e. The summed E-state index contributed by atoms with van der Waals surface area (Å²) in [6.07, 6.45) is 0. The number of rotatable bonds is 7. The Morgan fingerprint density at radius 3 is 2.23 bits per heavy atom. The van der Waals surface area contributed by atoms with Crippen molar-refractivity contribution < 1.29 is 9.53 Å². The van der Waals surface area contributed by atoms with Gasteiger partial charge in [0, 0.05) is 12.6 Å². The number of likely N-dealkylation sites (N-methyl/N-ethyl adjacent to an activating group) is 1. The summed E-state index contributed by atoms with van der Waals surface area (Å²) in [5.74, 6) is 1.03. The molecule has 0 N–H and O–H groups in total. The second kappa shape index (κ2) is 9.21. The third kappa shape index (κ3) is 4.61. The maximum absolute atomic E-state index is 13.1. The van der Waals surface area contributed by atoms with Gasteiger partial charge in [-0.3, -0.25) is 4.79 Å². The highest BCUT2D eigenvalue weighted by Gasteiger charge is 2.24. The van der Waals surface area contributed by atoms with E-state index < -0.39 is 0 Å². The predicted octanol–water partition coefficient (Wildman–Crippen LogP) is 3.60. The molecule has 0 radical (unpaired) electrons. The van der Waals surface area contributed by atoms with E-state index in [1.165, 1.54) is 4.80 Å². The molecule has 4 rings (SSSR count). The fourth-order valence-corrected chi connectivity index (χ4v) is 3.47. The molecule has 31 heavy (non-hydrogen) atoms. The number of methoxy groups -OCH3 is 1. The fourth-order valence-electron chi connectivity index (χ4n) is 3.47. The molecule has 1 aromatic heterocycles. The Morgan fingerprint density at radius 2 is 1.61 bits per heavy atom. The molecule has 0 aliphatic heterocycles. The largest absolute Gasteiger partial charge is 0.497 e. The van der Waals surface area contributed by atoms with E-state index in [-0.39, 0.29) is 18.5 Å². The van der Waals surface area contributed by atoms with E-state index in [9.17, 15) is 4.79 Å². The monoisotopic (exact) mass is 413 g/mol. The van der Waals surface area contributed by atoms with Crippen LogP contribution in [0, 0.1) is 0 Å². The summed E-state index contributed by atoms with van der Waals surface area (Å²) in [5.41, 5.74) is 2.85.